The molecule has 0 aliphatic rings. The zero-order valence-corrected chi connectivity index (χ0v) is 8.62. The topological polar surface area (TPSA) is 29.3 Å². The van der Waals surface area contributed by atoms with E-state index in [0.29, 0.717) is 10.7 Å². The molecule has 12 heavy (non-hydrogen) atoms. The smallest absolute Gasteiger partial charge is 0.0659 e. The molecular formula is C8H12Cl2N2. The molecule has 1 aromatic rings. The van der Waals surface area contributed by atoms with E-state index in [-0.39, 0.29) is 12.4 Å². The number of nitrogens with zero attached hydrogens (tertiary/aromatic N) is 1. The van der Waals surface area contributed by atoms with Crippen LogP contribution < -0.4 is 10.6 Å². The minimum atomic E-state index is 0. The Balaban J connectivity index is 0.00000121. The van der Waals surface area contributed by atoms with Gasteiger partial charge >= 0.3 is 0 Å². The highest BCUT2D eigenvalue weighted by atomic mass is 35.5. The number of hydrogen-bond acceptors (Lipinski definition) is 2. The number of hydrogen-bond donors (Lipinski definition) is 1. The third kappa shape index (κ3) is 2.47. The maximum Gasteiger partial charge on any atom is 0.0659 e. The monoisotopic (exact) mass is 206 g/mol. The van der Waals surface area contributed by atoms with E-state index in [1.54, 1.807) is 6.07 Å². The average molecular weight is 207 g/mol. The van der Waals surface area contributed by atoms with Crippen LogP contribution in [0.2, 0.25) is 5.02 Å². The molecule has 0 aliphatic heterocycles. The second-order valence-corrected chi connectivity index (χ2v) is 3.01. The summed E-state index contributed by atoms with van der Waals surface area (Å²) < 4.78 is 0. The summed E-state index contributed by atoms with van der Waals surface area (Å²) in [5.41, 5.74) is 7.21. The molecule has 1 rings (SSSR count). The van der Waals surface area contributed by atoms with Gasteiger partial charge in [0, 0.05) is 19.8 Å². The lowest BCUT2D eigenvalue weighted by Crippen LogP contribution is -2.09. The summed E-state index contributed by atoms with van der Waals surface area (Å²) in [5.74, 6) is 0. The Morgan fingerprint density at radius 2 is 1.92 bits per heavy atom. The van der Waals surface area contributed by atoms with Gasteiger partial charge in [-0.1, -0.05) is 11.6 Å². The first-order valence-corrected chi connectivity index (χ1v) is 3.71. The van der Waals surface area contributed by atoms with Crippen LogP contribution in [0.4, 0.5) is 11.4 Å². The Morgan fingerprint density at radius 3 is 2.33 bits per heavy atom. The van der Waals surface area contributed by atoms with Crippen LogP contribution in [0.15, 0.2) is 18.2 Å². The molecule has 0 spiro atoms. The largest absolute Gasteiger partial charge is 0.399 e. The van der Waals surface area contributed by atoms with Crippen LogP contribution in [-0.2, 0) is 0 Å². The molecule has 68 valence electrons. The van der Waals surface area contributed by atoms with Gasteiger partial charge in [-0.05, 0) is 18.2 Å². The predicted molar refractivity (Wildman–Crippen MR) is 57.4 cm³/mol. The summed E-state index contributed by atoms with van der Waals surface area (Å²) >= 11 is 5.90. The van der Waals surface area contributed by atoms with Crippen LogP contribution in [0.3, 0.4) is 0 Å². The Morgan fingerprint density at radius 1 is 1.33 bits per heavy atom. The molecule has 1 aromatic carbocycles. The van der Waals surface area contributed by atoms with Crippen LogP contribution in [0.1, 0.15) is 0 Å². The maximum atomic E-state index is 5.90. The van der Waals surface area contributed by atoms with Gasteiger partial charge in [0.05, 0.1) is 10.7 Å². The second kappa shape index (κ2) is 4.43. The normalized spacial score (nSPS) is 8.92. The van der Waals surface area contributed by atoms with Crippen LogP contribution in [0.5, 0.6) is 0 Å². The van der Waals surface area contributed by atoms with Gasteiger partial charge in [0.1, 0.15) is 0 Å². The standard InChI is InChI=1S/C8H11ClN2.ClH/c1-11(2)8-4-3-6(10)5-7(8)9;/h3-5H,10H2,1-2H3;1H. The molecule has 0 unspecified atom stereocenters. The highest BCUT2D eigenvalue weighted by Gasteiger charge is 2.00. The van der Waals surface area contributed by atoms with Gasteiger partial charge in [0.2, 0.25) is 0 Å². The van der Waals surface area contributed by atoms with Crippen LogP contribution in [0, 0.1) is 0 Å². The van der Waals surface area contributed by atoms with E-state index in [0.717, 1.165) is 5.69 Å². The van der Waals surface area contributed by atoms with E-state index < -0.39 is 0 Å². The highest BCUT2D eigenvalue weighted by Crippen LogP contribution is 2.25. The van der Waals surface area contributed by atoms with Crippen molar-refractivity contribution in [2.24, 2.45) is 0 Å². The molecule has 0 aromatic heterocycles. The van der Waals surface area contributed by atoms with E-state index in [9.17, 15) is 0 Å². The molecule has 0 bridgehead atoms. The quantitative estimate of drug-likeness (QED) is 0.716. The number of anilines is 2. The van der Waals surface area contributed by atoms with Crippen molar-refractivity contribution in [1.29, 1.82) is 0 Å². The van der Waals surface area contributed by atoms with Crippen molar-refractivity contribution in [3.05, 3.63) is 23.2 Å². The van der Waals surface area contributed by atoms with Crippen molar-refractivity contribution in [2.75, 3.05) is 24.7 Å². The third-order valence-electron chi connectivity index (χ3n) is 1.45. The fraction of sp³-hybridized carbons (Fsp3) is 0.250. The van der Waals surface area contributed by atoms with Gasteiger partial charge in [-0.2, -0.15) is 0 Å². The zero-order valence-electron chi connectivity index (χ0n) is 7.04. The van der Waals surface area contributed by atoms with Gasteiger partial charge in [-0.25, -0.2) is 0 Å². The lowest BCUT2D eigenvalue weighted by Gasteiger charge is -2.13. The molecule has 4 heteroatoms. The summed E-state index contributed by atoms with van der Waals surface area (Å²) in [6, 6.07) is 5.48. The van der Waals surface area contributed by atoms with E-state index in [2.05, 4.69) is 0 Å². The highest BCUT2D eigenvalue weighted by molar-refractivity contribution is 6.33. The molecule has 0 aliphatic carbocycles. The fourth-order valence-electron chi connectivity index (χ4n) is 0.886. The first-order valence-electron chi connectivity index (χ1n) is 3.33. The van der Waals surface area contributed by atoms with Gasteiger partial charge < -0.3 is 10.6 Å². The summed E-state index contributed by atoms with van der Waals surface area (Å²) in [6.45, 7) is 0. The molecule has 0 amide bonds. The van der Waals surface area contributed by atoms with Crippen molar-refractivity contribution in [3.63, 3.8) is 0 Å². The maximum absolute atomic E-state index is 5.90. The minimum Gasteiger partial charge on any atom is -0.399 e. The number of rotatable bonds is 1. The molecule has 2 nitrogen and oxygen atoms in total. The number of halogens is 2. The molecule has 0 saturated carbocycles. The second-order valence-electron chi connectivity index (χ2n) is 2.61. The SMILES string of the molecule is CN(C)c1ccc(N)cc1Cl.Cl. The lowest BCUT2D eigenvalue weighted by atomic mass is 10.3. The van der Waals surface area contributed by atoms with Crippen molar-refractivity contribution in [3.8, 4) is 0 Å². The Kier molecular flexibility index (Phi) is 4.21. The molecule has 0 atom stereocenters. The minimum absolute atomic E-state index is 0. The molecule has 0 radical (unpaired) electrons. The van der Waals surface area contributed by atoms with Gasteiger partial charge in [-0.3, -0.25) is 0 Å². The lowest BCUT2D eigenvalue weighted by molar-refractivity contribution is 1.13. The average Bonchev–Trinajstić information content (AvgIpc) is 1.85. The Bertz CT molecular complexity index is 261. The first-order chi connectivity index (χ1) is 5.11. The summed E-state index contributed by atoms with van der Waals surface area (Å²) in [4.78, 5) is 1.95. The van der Waals surface area contributed by atoms with E-state index >= 15 is 0 Å². The molecule has 2 N–H and O–H groups in total. The van der Waals surface area contributed by atoms with Crippen molar-refractivity contribution in [2.45, 2.75) is 0 Å². The molecule has 0 saturated heterocycles. The summed E-state index contributed by atoms with van der Waals surface area (Å²) in [6.07, 6.45) is 0. The van der Waals surface area contributed by atoms with Gasteiger partial charge in [0.15, 0.2) is 0 Å². The van der Waals surface area contributed by atoms with Crippen molar-refractivity contribution in [1.82, 2.24) is 0 Å². The molecule has 0 fully saturated rings. The fourth-order valence-corrected chi connectivity index (χ4v) is 1.24. The molecular weight excluding hydrogens is 195 g/mol. The predicted octanol–water partition coefficient (Wildman–Crippen LogP) is 2.41. The third-order valence-corrected chi connectivity index (χ3v) is 1.76. The number of nitrogen functional groups attached to an aromatic ring is 1. The van der Waals surface area contributed by atoms with E-state index in [1.165, 1.54) is 0 Å². The van der Waals surface area contributed by atoms with Gasteiger partial charge in [-0.15, -0.1) is 12.4 Å². The van der Waals surface area contributed by atoms with Crippen LogP contribution in [0.25, 0.3) is 0 Å². The van der Waals surface area contributed by atoms with Crippen LogP contribution in [-0.4, -0.2) is 14.1 Å². The van der Waals surface area contributed by atoms with E-state index in [4.69, 9.17) is 17.3 Å². The van der Waals surface area contributed by atoms with Crippen LogP contribution >= 0.6 is 24.0 Å². The number of nitrogens with two attached hydrogens (primary N) is 1. The Hall–Kier alpha value is -0.600. The van der Waals surface area contributed by atoms with E-state index in [1.807, 2.05) is 31.1 Å². The Labute approximate surface area is 83.7 Å². The van der Waals surface area contributed by atoms with Gasteiger partial charge in [0.25, 0.3) is 0 Å². The first kappa shape index (κ1) is 11.4. The van der Waals surface area contributed by atoms with Crippen molar-refractivity contribution >= 4 is 35.4 Å². The molecule has 0 heterocycles. The zero-order chi connectivity index (χ0) is 8.43. The summed E-state index contributed by atoms with van der Waals surface area (Å²) in [7, 11) is 3.88. The number of benzene rings is 1. The summed E-state index contributed by atoms with van der Waals surface area (Å²) in [5, 5.41) is 0.690. The van der Waals surface area contributed by atoms with Crippen molar-refractivity contribution < 1.29 is 0 Å².